The Hall–Kier alpha value is -1.55. The molecule has 4 nitrogen and oxygen atoms in total. The Morgan fingerprint density at radius 3 is 2.78 bits per heavy atom. The fraction of sp³-hybridized carbons (Fsp3) is 0.500. The largest absolute Gasteiger partial charge is 0.494 e. The standard InChI is InChI=1S/C14H22N2O2/c1-4-18-13-6-5-12(9-11(13)3)16-14(17)10(2)7-8-15/h5-6,9-10H,4,7-8,15H2,1-3H3,(H,16,17). The molecule has 1 atom stereocenters. The SMILES string of the molecule is CCOc1ccc(NC(=O)C(C)CCN)cc1C. The molecule has 0 bridgehead atoms. The van der Waals surface area contributed by atoms with E-state index < -0.39 is 0 Å². The minimum absolute atomic E-state index is 0.00371. The molecule has 0 saturated heterocycles. The van der Waals surface area contributed by atoms with Crippen molar-refractivity contribution in [1.82, 2.24) is 0 Å². The second-order valence-electron chi connectivity index (χ2n) is 4.38. The quantitative estimate of drug-likeness (QED) is 0.814. The third-order valence-electron chi connectivity index (χ3n) is 2.79. The summed E-state index contributed by atoms with van der Waals surface area (Å²) in [6.07, 6.45) is 0.696. The van der Waals surface area contributed by atoms with Gasteiger partial charge in [0.05, 0.1) is 6.61 Å². The lowest BCUT2D eigenvalue weighted by molar-refractivity contribution is -0.119. The first-order valence-corrected chi connectivity index (χ1v) is 6.32. The van der Waals surface area contributed by atoms with E-state index in [0.717, 1.165) is 17.0 Å². The van der Waals surface area contributed by atoms with E-state index in [0.29, 0.717) is 19.6 Å². The van der Waals surface area contributed by atoms with Crippen LogP contribution < -0.4 is 15.8 Å². The summed E-state index contributed by atoms with van der Waals surface area (Å²) in [4.78, 5) is 11.8. The van der Waals surface area contributed by atoms with Gasteiger partial charge in [0, 0.05) is 11.6 Å². The number of aryl methyl sites for hydroxylation is 1. The number of carbonyl (C=O) groups excluding carboxylic acids is 1. The van der Waals surface area contributed by atoms with Crippen molar-refractivity contribution in [2.24, 2.45) is 11.7 Å². The molecule has 100 valence electrons. The van der Waals surface area contributed by atoms with Crippen molar-refractivity contribution in [1.29, 1.82) is 0 Å². The third kappa shape index (κ3) is 4.04. The predicted molar refractivity (Wildman–Crippen MR) is 73.8 cm³/mol. The average Bonchev–Trinajstić information content (AvgIpc) is 2.33. The van der Waals surface area contributed by atoms with E-state index in [2.05, 4.69) is 5.32 Å². The number of amides is 1. The Bertz CT molecular complexity index is 405. The normalized spacial score (nSPS) is 12.0. The molecule has 0 fully saturated rings. The zero-order valence-corrected chi connectivity index (χ0v) is 11.3. The first kappa shape index (κ1) is 14.5. The highest BCUT2D eigenvalue weighted by atomic mass is 16.5. The van der Waals surface area contributed by atoms with Gasteiger partial charge in [-0.15, -0.1) is 0 Å². The van der Waals surface area contributed by atoms with Gasteiger partial charge in [-0.05, 0) is 50.6 Å². The number of hydrogen-bond acceptors (Lipinski definition) is 3. The smallest absolute Gasteiger partial charge is 0.227 e. The van der Waals surface area contributed by atoms with Crippen LogP contribution in [0.2, 0.25) is 0 Å². The van der Waals surface area contributed by atoms with Crippen molar-refractivity contribution in [3.8, 4) is 5.75 Å². The number of nitrogens with one attached hydrogen (secondary N) is 1. The van der Waals surface area contributed by atoms with E-state index in [-0.39, 0.29) is 11.8 Å². The fourth-order valence-electron chi connectivity index (χ4n) is 1.69. The van der Waals surface area contributed by atoms with Crippen LogP contribution in [0.25, 0.3) is 0 Å². The highest BCUT2D eigenvalue weighted by molar-refractivity contribution is 5.92. The van der Waals surface area contributed by atoms with E-state index in [1.54, 1.807) is 0 Å². The number of ether oxygens (including phenoxy) is 1. The lowest BCUT2D eigenvalue weighted by atomic mass is 10.1. The lowest BCUT2D eigenvalue weighted by Gasteiger charge is -2.13. The second-order valence-corrected chi connectivity index (χ2v) is 4.38. The zero-order valence-electron chi connectivity index (χ0n) is 11.3. The molecule has 0 aliphatic heterocycles. The molecule has 0 radical (unpaired) electrons. The van der Waals surface area contributed by atoms with Crippen LogP contribution in [-0.4, -0.2) is 19.1 Å². The predicted octanol–water partition coefficient (Wildman–Crippen LogP) is 2.32. The number of rotatable bonds is 6. The Balaban J connectivity index is 2.68. The van der Waals surface area contributed by atoms with E-state index in [1.807, 2.05) is 39.0 Å². The number of carbonyl (C=O) groups is 1. The van der Waals surface area contributed by atoms with Crippen LogP contribution in [0.4, 0.5) is 5.69 Å². The molecule has 0 saturated carbocycles. The van der Waals surface area contributed by atoms with Crippen LogP contribution in [0.3, 0.4) is 0 Å². The van der Waals surface area contributed by atoms with Crippen molar-refractivity contribution >= 4 is 11.6 Å². The van der Waals surface area contributed by atoms with Gasteiger partial charge < -0.3 is 15.8 Å². The number of anilines is 1. The van der Waals surface area contributed by atoms with Crippen LogP contribution in [0.1, 0.15) is 25.8 Å². The fourth-order valence-corrected chi connectivity index (χ4v) is 1.69. The lowest BCUT2D eigenvalue weighted by Crippen LogP contribution is -2.22. The van der Waals surface area contributed by atoms with Crippen molar-refractivity contribution in [2.75, 3.05) is 18.5 Å². The summed E-state index contributed by atoms with van der Waals surface area (Å²) >= 11 is 0. The van der Waals surface area contributed by atoms with Crippen molar-refractivity contribution in [2.45, 2.75) is 27.2 Å². The molecular formula is C14H22N2O2. The van der Waals surface area contributed by atoms with Gasteiger partial charge in [-0.2, -0.15) is 0 Å². The van der Waals surface area contributed by atoms with Gasteiger partial charge in [0.1, 0.15) is 5.75 Å². The summed E-state index contributed by atoms with van der Waals surface area (Å²) in [5.41, 5.74) is 7.25. The molecule has 4 heteroatoms. The molecule has 0 spiro atoms. The van der Waals surface area contributed by atoms with Crippen LogP contribution >= 0.6 is 0 Å². The minimum Gasteiger partial charge on any atom is -0.494 e. The highest BCUT2D eigenvalue weighted by Crippen LogP contribution is 2.22. The summed E-state index contributed by atoms with van der Waals surface area (Å²) in [7, 11) is 0. The molecule has 18 heavy (non-hydrogen) atoms. The average molecular weight is 250 g/mol. The number of benzene rings is 1. The number of hydrogen-bond donors (Lipinski definition) is 2. The van der Waals surface area contributed by atoms with Gasteiger partial charge in [-0.1, -0.05) is 6.92 Å². The molecule has 1 unspecified atom stereocenters. The summed E-state index contributed by atoms with van der Waals surface area (Å²) in [6, 6.07) is 5.64. The molecule has 3 N–H and O–H groups in total. The first-order valence-electron chi connectivity index (χ1n) is 6.32. The van der Waals surface area contributed by atoms with E-state index in [4.69, 9.17) is 10.5 Å². The highest BCUT2D eigenvalue weighted by Gasteiger charge is 2.12. The maximum atomic E-state index is 11.8. The van der Waals surface area contributed by atoms with Crippen LogP contribution in [0.5, 0.6) is 5.75 Å². The van der Waals surface area contributed by atoms with Gasteiger partial charge in [-0.25, -0.2) is 0 Å². The summed E-state index contributed by atoms with van der Waals surface area (Å²) in [6.45, 7) is 6.95. The van der Waals surface area contributed by atoms with E-state index in [9.17, 15) is 4.79 Å². The van der Waals surface area contributed by atoms with Crippen molar-refractivity contribution < 1.29 is 9.53 Å². The topological polar surface area (TPSA) is 64.3 Å². The monoisotopic (exact) mass is 250 g/mol. The molecule has 1 amide bonds. The second kappa shape index (κ2) is 7.01. The number of nitrogens with two attached hydrogens (primary N) is 1. The summed E-state index contributed by atoms with van der Waals surface area (Å²) in [5, 5.41) is 2.89. The zero-order chi connectivity index (χ0) is 13.5. The van der Waals surface area contributed by atoms with Gasteiger partial charge in [-0.3, -0.25) is 4.79 Å². The molecule has 1 rings (SSSR count). The summed E-state index contributed by atoms with van der Waals surface area (Å²) in [5.74, 6) is 0.788. The van der Waals surface area contributed by atoms with Gasteiger partial charge in [0.2, 0.25) is 5.91 Å². The molecule has 1 aromatic rings. The van der Waals surface area contributed by atoms with Gasteiger partial charge in [0.25, 0.3) is 0 Å². The van der Waals surface area contributed by atoms with E-state index in [1.165, 1.54) is 0 Å². The molecule has 1 aromatic carbocycles. The van der Waals surface area contributed by atoms with Crippen LogP contribution in [-0.2, 0) is 4.79 Å². The first-order chi connectivity index (χ1) is 8.58. The molecule has 0 heterocycles. The Kier molecular flexibility index (Phi) is 5.65. The third-order valence-corrected chi connectivity index (χ3v) is 2.79. The molecular weight excluding hydrogens is 228 g/mol. The maximum Gasteiger partial charge on any atom is 0.227 e. The van der Waals surface area contributed by atoms with Gasteiger partial charge >= 0.3 is 0 Å². The maximum absolute atomic E-state index is 11.8. The van der Waals surface area contributed by atoms with Gasteiger partial charge in [0.15, 0.2) is 0 Å². The Labute approximate surface area is 109 Å². The van der Waals surface area contributed by atoms with Crippen LogP contribution in [0.15, 0.2) is 18.2 Å². The minimum atomic E-state index is -0.0677. The molecule has 0 aliphatic rings. The van der Waals surface area contributed by atoms with Crippen molar-refractivity contribution in [3.05, 3.63) is 23.8 Å². The van der Waals surface area contributed by atoms with E-state index >= 15 is 0 Å². The summed E-state index contributed by atoms with van der Waals surface area (Å²) < 4.78 is 5.45. The molecule has 0 aromatic heterocycles. The van der Waals surface area contributed by atoms with Crippen molar-refractivity contribution in [3.63, 3.8) is 0 Å². The Morgan fingerprint density at radius 1 is 1.50 bits per heavy atom. The Morgan fingerprint density at radius 2 is 2.22 bits per heavy atom. The molecule has 0 aliphatic carbocycles. The van der Waals surface area contributed by atoms with Crippen LogP contribution in [0, 0.1) is 12.8 Å².